The summed E-state index contributed by atoms with van der Waals surface area (Å²) in [5, 5.41) is 12.3. The average molecular weight is 310 g/mol. The zero-order valence-electron chi connectivity index (χ0n) is 14.1. The summed E-state index contributed by atoms with van der Waals surface area (Å²) >= 11 is 0. The van der Waals surface area contributed by atoms with Crippen LogP contribution in [0.15, 0.2) is 46.8 Å². The molecule has 120 valence electrons. The van der Waals surface area contributed by atoms with Gasteiger partial charge in [-0.15, -0.1) is 0 Å². The minimum absolute atomic E-state index is 0.131. The Balaban J connectivity index is 2.56. The molecule has 4 heteroatoms. The van der Waals surface area contributed by atoms with Crippen LogP contribution in [-0.2, 0) is 9.53 Å². The quantitative estimate of drug-likeness (QED) is 0.860. The maximum absolute atomic E-state index is 12.5. The van der Waals surface area contributed by atoms with Gasteiger partial charge in [-0.1, -0.05) is 19.1 Å². The monoisotopic (exact) mass is 310 g/mol. The van der Waals surface area contributed by atoms with Crippen molar-refractivity contribution in [2.24, 2.45) is 0 Å². The molecule has 1 aliphatic heterocycles. The molecule has 2 rings (SSSR count). The first kappa shape index (κ1) is 16.8. The van der Waals surface area contributed by atoms with Crippen LogP contribution in [0.25, 0.3) is 0 Å². The van der Waals surface area contributed by atoms with E-state index in [1.165, 1.54) is 5.57 Å². The summed E-state index contributed by atoms with van der Waals surface area (Å²) in [7, 11) is 0. The molecule has 0 aliphatic carbocycles. The molecule has 1 aliphatic rings. The normalized spacial score (nSPS) is 17.6. The van der Waals surface area contributed by atoms with E-state index in [9.17, 15) is 4.79 Å². The van der Waals surface area contributed by atoms with Crippen molar-refractivity contribution < 1.29 is 9.53 Å². The summed E-state index contributed by atoms with van der Waals surface area (Å²) in [6, 6.07) is 9.55. The Kier molecular flexibility index (Phi) is 5.23. The van der Waals surface area contributed by atoms with E-state index in [-0.39, 0.29) is 11.9 Å². The van der Waals surface area contributed by atoms with Crippen molar-refractivity contribution in [1.82, 2.24) is 5.32 Å². The lowest BCUT2D eigenvalue weighted by Gasteiger charge is -2.31. The highest BCUT2D eigenvalue weighted by molar-refractivity contribution is 5.92. The highest BCUT2D eigenvalue weighted by Gasteiger charge is 2.32. The lowest BCUT2D eigenvalue weighted by molar-refractivity contribution is -0.138. The second-order valence-corrected chi connectivity index (χ2v) is 5.55. The summed E-state index contributed by atoms with van der Waals surface area (Å²) in [6.45, 7) is 8.17. The molecule has 1 aromatic carbocycles. The Morgan fingerprint density at radius 3 is 2.39 bits per heavy atom. The number of nitriles is 1. The largest absolute Gasteiger partial charge is 0.463 e. The second-order valence-electron chi connectivity index (χ2n) is 5.55. The van der Waals surface area contributed by atoms with Crippen molar-refractivity contribution >= 4 is 5.97 Å². The number of esters is 1. The van der Waals surface area contributed by atoms with Crippen LogP contribution in [0.3, 0.4) is 0 Å². The number of rotatable bonds is 4. The topological polar surface area (TPSA) is 62.1 Å². The van der Waals surface area contributed by atoms with E-state index in [1.54, 1.807) is 12.1 Å². The fourth-order valence-electron chi connectivity index (χ4n) is 3.10. The number of carbonyl (C=O) groups excluding carboxylic acids is 1. The Hall–Kier alpha value is -2.54. The zero-order chi connectivity index (χ0) is 17.0. The fraction of sp³-hybridized carbons (Fsp3) is 0.368. The standard InChI is InChI=1S/C19H22N2O2/c1-5-16-12(3)21-13(4)17(19(22)23-6-2)18(16)15-9-7-14(11-20)8-10-15/h7-10,18,21H,5-6H2,1-4H3. The van der Waals surface area contributed by atoms with Crippen molar-refractivity contribution in [1.29, 1.82) is 5.26 Å². The highest BCUT2D eigenvalue weighted by Crippen LogP contribution is 2.39. The molecule has 1 unspecified atom stereocenters. The predicted molar refractivity (Wildman–Crippen MR) is 89.4 cm³/mol. The van der Waals surface area contributed by atoms with Gasteiger partial charge >= 0.3 is 5.97 Å². The van der Waals surface area contributed by atoms with Gasteiger partial charge in [-0.05, 0) is 50.5 Å². The smallest absolute Gasteiger partial charge is 0.336 e. The molecule has 0 amide bonds. The number of allylic oxidation sites excluding steroid dienone is 3. The van der Waals surface area contributed by atoms with Gasteiger partial charge in [-0.3, -0.25) is 0 Å². The molecule has 1 atom stereocenters. The Morgan fingerprint density at radius 1 is 1.22 bits per heavy atom. The van der Waals surface area contributed by atoms with Gasteiger partial charge in [0.25, 0.3) is 0 Å². The SMILES string of the molecule is CCOC(=O)C1=C(C)NC(C)=C(CC)C1c1ccc(C#N)cc1. The Bertz CT molecular complexity index is 706. The molecule has 1 aromatic rings. The van der Waals surface area contributed by atoms with Crippen molar-refractivity contribution in [2.45, 2.75) is 40.0 Å². The summed E-state index contributed by atoms with van der Waals surface area (Å²) in [5.74, 6) is -0.418. The number of hydrogen-bond acceptors (Lipinski definition) is 4. The number of carbonyl (C=O) groups is 1. The first-order valence-electron chi connectivity index (χ1n) is 7.88. The van der Waals surface area contributed by atoms with Gasteiger partial charge in [-0.2, -0.15) is 5.26 Å². The van der Waals surface area contributed by atoms with Crippen LogP contribution in [0, 0.1) is 11.3 Å². The van der Waals surface area contributed by atoms with Gasteiger partial charge in [0.1, 0.15) is 0 Å². The zero-order valence-corrected chi connectivity index (χ0v) is 14.1. The van der Waals surface area contributed by atoms with Crippen LogP contribution >= 0.6 is 0 Å². The van der Waals surface area contributed by atoms with Crippen LogP contribution in [0.2, 0.25) is 0 Å². The maximum atomic E-state index is 12.5. The Morgan fingerprint density at radius 2 is 1.87 bits per heavy atom. The lowest BCUT2D eigenvalue weighted by Crippen LogP contribution is -2.29. The van der Waals surface area contributed by atoms with E-state index in [1.807, 2.05) is 32.9 Å². The molecular formula is C19H22N2O2. The Labute approximate surface area is 137 Å². The van der Waals surface area contributed by atoms with E-state index in [0.717, 1.165) is 23.4 Å². The number of dihydropyridines is 1. The first-order valence-corrected chi connectivity index (χ1v) is 7.88. The van der Waals surface area contributed by atoms with E-state index in [4.69, 9.17) is 10.00 Å². The van der Waals surface area contributed by atoms with Crippen LogP contribution < -0.4 is 5.32 Å². The second kappa shape index (κ2) is 7.15. The molecule has 0 aromatic heterocycles. The molecule has 0 fully saturated rings. The number of hydrogen-bond donors (Lipinski definition) is 1. The molecule has 0 radical (unpaired) electrons. The molecule has 1 N–H and O–H groups in total. The molecule has 0 bridgehead atoms. The predicted octanol–water partition coefficient (Wildman–Crippen LogP) is 3.77. The van der Waals surface area contributed by atoms with Crippen molar-refractivity contribution in [3.8, 4) is 6.07 Å². The van der Waals surface area contributed by atoms with Crippen molar-refractivity contribution in [2.75, 3.05) is 6.61 Å². The van der Waals surface area contributed by atoms with Crippen molar-refractivity contribution in [3.63, 3.8) is 0 Å². The van der Waals surface area contributed by atoms with Gasteiger partial charge in [-0.25, -0.2) is 4.79 Å². The molecule has 1 heterocycles. The fourth-order valence-corrected chi connectivity index (χ4v) is 3.10. The van der Waals surface area contributed by atoms with E-state index in [2.05, 4.69) is 18.3 Å². The van der Waals surface area contributed by atoms with E-state index >= 15 is 0 Å². The van der Waals surface area contributed by atoms with Gasteiger partial charge in [0, 0.05) is 17.3 Å². The molecule has 0 spiro atoms. The average Bonchev–Trinajstić information content (AvgIpc) is 2.54. The third-order valence-electron chi connectivity index (χ3n) is 4.15. The van der Waals surface area contributed by atoms with Gasteiger partial charge in [0.2, 0.25) is 0 Å². The minimum atomic E-state index is -0.287. The molecule has 0 saturated carbocycles. The van der Waals surface area contributed by atoms with Crippen LogP contribution in [0.5, 0.6) is 0 Å². The first-order chi connectivity index (χ1) is 11.0. The minimum Gasteiger partial charge on any atom is -0.463 e. The summed E-state index contributed by atoms with van der Waals surface area (Å²) in [4.78, 5) is 12.5. The maximum Gasteiger partial charge on any atom is 0.336 e. The van der Waals surface area contributed by atoms with Gasteiger partial charge < -0.3 is 10.1 Å². The number of ether oxygens (including phenoxy) is 1. The lowest BCUT2D eigenvalue weighted by atomic mass is 9.79. The van der Waals surface area contributed by atoms with Gasteiger partial charge in [0.05, 0.1) is 23.8 Å². The summed E-state index contributed by atoms with van der Waals surface area (Å²) in [5.41, 5.74) is 5.34. The van der Waals surface area contributed by atoms with Crippen molar-refractivity contribution in [3.05, 3.63) is 57.9 Å². The van der Waals surface area contributed by atoms with Crippen LogP contribution in [0.4, 0.5) is 0 Å². The third-order valence-corrected chi connectivity index (χ3v) is 4.15. The number of nitrogens with one attached hydrogen (secondary N) is 1. The molecule has 4 nitrogen and oxygen atoms in total. The summed E-state index contributed by atoms with van der Waals surface area (Å²) in [6.07, 6.45) is 0.833. The van der Waals surface area contributed by atoms with Crippen LogP contribution in [-0.4, -0.2) is 12.6 Å². The van der Waals surface area contributed by atoms with Crippen LogP contribution in [0.1, 0.15) is 51.2 Å². The molecular weight excluding hydrogens is 288 g/mol. The third kappa shape index (κ3) is 3.29. The molecule has 23 heavy (non-hydrogen) atoms. The highest BCUT2D eigenvalue weighted by atomic mass is 16.5. The summed E-state index contributed by atoms with van der Waals surface area (Å²) < 4.78 is 5.26. The number of benzene rings is 1. The van der Waals surface area contributed by atoms with E-state index in [0.29, 0.717) is 17.7 Å². The molecule has 0 saturated heterocycles. The number of nitrogens with zero attached hydrogens (tertiary/aromatic N) is 1. The van der Waals surface area contributed by atoms with Gasteiger partial charge in [0.15, 0.2) is 0 Å². The van der Waals surface area contributed by atoms with E-state index < -0.39 is 0 Å².